The van der Waals surface area contributed by atoms with Gasteiger partial charge in [0, 0.05) is 0 Å². The van der Waals surface area contributed by atoms with Crippen LogP contribution in [-0.4, -0.2) is 37.8 Å². The van der Waals surface area contributed by atoms with Crippen molar-refractivity contribution >= 4 is 31.7 Å². The molecule has 0 aromatic carbocycles. The monoisotopic (exact) mass is 356 g/mol. The summed E-state index contributed by atoms with van der Waals surface area (Å²) in [7, 11) is 0. The van der Waals surface area contributed by atoms with Crippen molar-refractivity contribution in [2.24, 2.45) is 11.8 Å². The van der Waals surface area contributed by atoms with Crippen LogP contribution in [0.1, 0.15) is 13.3 Å². The Labute approximate surface area is 88.0 Å². The fraction of sp³-hybridized carbons (Fsp3) is 0.667. The molecule has 2 rings (SSSR count). The van der Waals surface area contributed by atoms with Crippen LogP contribution >= 0.6 is 0 Å². The van der Waals surface area contributed by atoms with Gasteiger partial charge in [-0.15, -0.1) is 0 Å². The molecular formula is C9H11O2Tl. The molecule has 0 spiro atoms. The zero-order valence-electron chi connectivity index (χ0n) is 7.07. The van der Waals surface area contributed by atoms with Gasteiger partial charge in [-0.1, -0.05) is 0 Å². The molecular weight excluding hydrogens is 344 g/mol. The molecule has 0 radical (unpaired) electrons. The van der Waals surface area contributed by atoms with E-state index < -0.39 is 0 Å². The van der Waals surface area contributed by atoms with Gasteiger partial charge in [-0.3, -0.25) is 0 Å². The molecule has 0 aromatic heterocycles. The second-order valence-corrected chi connectivity index (χ2v) is 6.59. The first-order chi connectivity index (χ1) is 5.68. The summed E-state index contributed by atoms with van der Waals surface area (Å²) < 4.78 is 5.99. The predicted molar refractivity (Wildman–Crippen MR) is 45.8 cm³/mol. The Morgan fingerprint density at radius 1 is 1.50 bits per heavy atom. The van der Waals surface area contributed by atoms with Gasteiger partial charge >= 0.3 is 88.2 Å². The molecule has 12 heavy (non-hydrogen) atoms. The summed E-state index contributed by atoms with van der Waals surface area (Å²) in [6.07, 6.45) is 5.97. The van der Waals surface area contributed by atoms with Gasteiger partial charge in [0.15, 0.2) is 0 Å². The van der Waals surface area contributed by atoms with Crippen LogP contribution in [0.3, 0.4) is 0 Å². The van der Waals surface area contributed by atoms with E-state index >= 15 is 0 Å². The van der Waals surface area contributed by atoms with Crippen LogP contribution in [0.5, 0.6) is 0 Å². The number of carbonyl (C=O) groups excluding carboxylic acids is 1. The van der Waals surface area contributed by atoms with E-state index in [1.807, 2.05) is 0 Å². The van der Waals surface area contributed by atoms with Crippen molar-refractivity contribution in [3.8, 4) is 0 Å². The van der Waals surface area contributed by atoms with Gasteiger partial charge in [-0.25, -0.2) is 0 Å². The Balaban J connectivity index is 2.08. The molecule has 62 valence electrons. The number of ether oxygens (including phenoxy) is 1. The van der Waals surface area contributed by atoms with Gasteiger partial charge < -0.3 is 0 Å². The van der Waals surface area contributed by atoms with Crippen molar-refractivity contribution in [3.63, 3.8) is 0 Å². The van der Waals surface area contributed by atoms with Gasteiger partial charge in [0.05, 0.1) is 0 Å². The van der Waals surface area contributed by atoms with E-state index in [0.717, 1.165) is 31.7 Å². The zero-order chi connectivity index (χ0) is 8.72. The molecule has 0 heterocycles. The average Bonchev–Trinajstić information content (AvgIpc) is 2.53. The minimum atomic E-state index is -0.119. The Bertz CT molecular complexity index is 237. The third-order valence-corrected chi connectivity index (χ3v) is 6.14. The average molecular weight is 356 g/mol. The minimum absolute atomic E-state index is 0.119. The molecule has 1 saturated carbocycles. The summed E-state index contributed by atoms with van der Waals surface area (Å²) in [4.78, 5) is 10.8. The normalized spacial score (nSPS) is 43.3. The van der Waals surface area contributed by atoms with Gasteiger partial charge in [-0.2, -0.15) is 0 Å². The fourth-order valence-electron chi connectivity index (χ4n) is 2.17. The number of hydrogen-bond acceptors (Lipinski definition) is 2. The molecule has 4 atom stereocenters. The summed E-state index contributed by atoms with van der Waals surface area (Å²) >= 11 is 0.930. The van der Waals surface area contributed by atoms with Gasteiger partial charge in [0.1, 0.15) is 0 Å². The summed E-state index contributed by atoms with van der Waals surface area (Å²) in [5.41, 5.74) is 0. The van der Waals surface area contributed by atoms with E-state index in [2.05, 4.69) is 12.2 Å². The van der Waals surface area contributed by atoms with E-state index in [1.54, 1.807) is 0 Å². The van der Waals surface area contributed by atoms with Crippen LogP contribution in [0.2, 0.25) is 3.48 Å². The van der Waals surface area contributed by atoms with Crippen LogP contribution < -0.4 is 0 Å². The molecule has 2 aliphatic carbocycles. The molecule has 0 saturated heterocycles. The first-order valence-corrected chi connectivity index (χ1v) is 6.89. The summed E-state index contributed by atoms with van der Waals surface area (Å²) in [6.45, 7) is 1.51. The van der Waals surface area contributed by atoms with Gasteiger partial charge in [0.2, 0.25) is 0 Å². The van der Waals surface area contributed by atoms with Crippen LogP contribution in [0, 0.1) is 11.8 Å². The van der Waals surface area contributed by atoms with E-state index in [1.165, 1.54) is 13.3 Å². The molecule has 0 N–H and O–H groups in total. The predicted octanol–water partition coefficient (Wildman–Crippen LogP) is 1.08. The third-order valence-electron chi connectivity index (χ3n) is 2.75. The van der Waals surface area contributed by atoms with Crippen molar-refractivity contribution in [1.29, 1.82) is 0 Å². The molecule has 2 nitrogen and oxygen atoms in total. The maximum absolute atomic E-state index is 10.8. The summed E-state index contributed by atoms with van der Waals surface area (Å²) in [5.74, 6) is 1.14. The quantitative estimate of drug-likeness (QED) is 0.400. The third kappa shape index (κ3) is 1.34. The van der Waals surface area contributed by atoms with Crippen molar-refractivity contribution in [3.05, 3.63) is 12.2 Å². The Morgan fingerprint density at radius 2 is 2.17 bits per heavy atom. The number of allylic oxidation sites excluding steroid dienone is 1. The van der Waals surface area contributed by atoms with E-state index in [4.69, 9.17) is 4.74 Å². The summed E-state index contributed by atoms with van der Waals surface area (Å²) in [5, 5.41) is 0. The maximum atomic E-state index is 10.8. The number of hydrogen-bond donors (Lipinski definition) is 0. The molecule has 0 aliphatic heterocycles. The molecule has 4 unspecified atom stereocenters. The molecule has 3 heteroatoms. The summed E-state index contributed by atoms with van der Waals surface area (Å²) in [6, 6.07) is 0. The number of fused-ring (bicyclic) bond motifs is 2. The molecule has 0 aromatic rings. The number of rotatable bonds is 1. The van der Waals surface area contributed by atoms with Gasteiger partial charge in [-0.05, 0) is 0 Å². The van der Waals surface area contributed by atoms with Crippen LogP contribution in [0.4, 0.5) is 0 Å². The molecule has 0 amide bonds. The molecule has 2 bridgehead atoms. The molecule has 1 fully saturated rings. The SMILES string of the molecule is CC(=O)OC1C2C=CC(C2)[CH]1[Tl]. The van der Waals surface area contributed by atoms with Crippen LogP contribution in [0.15, 0.2) is 12.2 Å². The van der Waals surface area contributed by atoms with Crippen molar-refractivity contribution in [1.82, 2.24) is 0 Å². The van der Waals surface area contributed by atoms with Crippen molar-refractivity contribution in [2.75, 3.05) is 0 Å². The Hall–Kier alpha value is 0.132. The number of carbonyl (C=O) groups is 1. The van der Waals surface area contributed by atoms with Crippen molar-refractivity contribution < 1.29 is 9.53 Å². The number of esters is 1. The van der Waals surface area contributed by atoms with E-state index in [0.29, 0.717) is 9.40 Å². The Morgan fingerprint density at radius 3 is 2.67 bits per heavy atom. The van der Waals surface area contributed by atoms with Crippen molar-refractivity contribution in [2.45, 2.75) is 22.9 Å². The Kier molecular flexibility index (Phi) is 2.27. The first kappa shape index (κ1) is 8.72. The first-order valence-electron chi connectivity index (χ1n) is 4.29. The van der Waals surface area contributed by atoms with Gasteiger partial charge in [0.25, 0.3) is 0 Å². The standard InChI is InChI=1S/C9H11O2.Tl/c1-6(10)11-9-5-7-2-3-8(9)4-7;/h2-3,5,7-9H,4H2,1H3;. The second-order valence-electron chi connectivity index (χ2n) is 3.60. The van der Waals surface area contributed by atoms with E-state index in [-0.39, 0.29) is 12.1 Å². The second kappa shape index (κ2) is 3.12. The zero-order valence-corrected chi connectivity index (χ0v) is 11.6. The molecule has 2 aliphatic rings. The van der Waals surface area contributed by atoms with E-state index in [9.17, 15) is 4.79 Å². The fourth-order valence-corrected chi connectivity index (χ4v) is 4.70. The van der Waals surface area contributed by atoms with Crippen LogP contribution in [-0.2, 0) is 9.53 Å². The topological polar surface area (TPSA) is 26.3 Å². The van der Waals surface area contributed by atoms with Crippen LogP contribution in [0.25, 0.3) is 0 Å².